The molecule has 8 nitrogen and oxygen atoms in total. The highest BCUT2D eigenvalue weighted by molar-refractivity contribution is 8.93. The third-order valence-electron chi connectivity index (χ3n) is 4.95. The molecule has 0 aromatic heterocycles. The van der Waals surface area contributed by atoms with Crippen LogP contribution in [0.25, 0.3) is 6.08 Å². The van der Waals surface area contributed by atoms with Crippen molar-refractivity contribution >= 4 is 41.0 Å². The molecule has 2 rings (SSSR count). The van der Waals surface area contributed by atoms with E-state index >= 15 is 0 Å². The molecule has 1 aromatic carbocycles. The van der Waals surface area contributed by atoms with Crippen molar-refractivity contribution in [2.75, 3.05) is 19.8 Å². The van der Waals surface area contributed by atoms with E-state index in [4.69, 9.17) is 19.9 Å². The first-order valence-corrected chi connectivity index (χ1v) is 11.3. The number of dihydropyridines is 1. The number of rotatable bonds is 8. The van der Waals surface area contributed by atoms with E-state index in [0.29, 0.717) is 22.5 Å². The molecule has 1 aromatic rings. The molecule has 1 unspecified atom stereocenters. The molecule has 0 bridgehead atoms. The molecule has 0 saturated carbocycles. The van der Waals surface area contributed by atoms with Crippen molar-refractivity contribution < 1.29 is 28.6 Å². The van der Waals surface area contributed by atoms with Crippen molar-refractivity contribution in [2.45, 2.75) is 53.1 Å². The van der Waals surface area contributed by atoms with Gasteiger partial charge in [0.05, 0.1) is 30.3 Å². The van der Waals surface area contributed by atoms with E-state index in [1.165, 1.54) is 6.08 Å². The van der Waals surface area contributed by atoms with Crippen molar-refractivity contribution in [1.82, 2.24) is 5.32 Å². The highest BCUT2D eigenvalue weighted by atomic mass is 79.9. The molecule has 1 atom stereocenters. The molecule has 0 saturated heterocycles. The Hall–Kier alpha value is -2.91. The zero-order chi connectivity index (χ0) is 25.5. The monoisotopic (exact) mass is 550 g/mol. The maximum Gasteiger partial charge on any atom is 0.336 e. The second-order valence-electron chi connectivity index (χ2n) is 8.63. The highest BCUT2D eigenvalue weighted by Gasteiger charge is 2.39. The molecule has 0 fully saturated rings. The highest BCUT2D eigenvalue weighted by Crippen LogP contribution is 2.40. The Balaban J connectivity index is 0.00000612. The van der Waals surface area contributed by atoms with Crippen molar-refractivity contribution in [2.24, 2.45) is 5.73 Å². The number of hydrogen-bond donors (Lipinski definition) is 2. The summed E-state index contributed by atoms with van der Waals surface area (Å²) in [6, 6.07) is 7.19. The Morgan fingerprint density at radius 2 is 1.60 bits per heavy atom. The number of carbonyl (C=O) groups is 3. The van der Waals surface area contributed by atoms with Crippen LogP contribution in [0.1, 0.15) is 58.6 Å². The van der Waals surface area contributed by atoms with Gasteiger partial charge in [-0.05, 0) is 58.7 Å². The SMILES string of the molecule is Br.CCOC(=O)C1=C(C)NC(CN)=C(C(=O)OCC)C1c1ccccc1C=CC(=O)OC(C)(C)C. The second-order valence-corrected chi connectivity index (χ2v) is 8.63. The first-order chi connectivity index (χ1) is 16.0. The summed E-state index contributed by atoms with van der Waals surface area (Å²) in [5.74, 6) is -2.45. The summed E-state index contributed by atoms with van der Waals surface area (Å²) < 4.78 is 16.0. The van der Waals surface area contributed by atoms with E-state index in [1.807, 2.05) is 0 Å². The van der Waals surface area contributed by atoms with Crippen LogP contribution in [-0.2, 0) is 28.6 Å². The summed E-state index contributed by atoms with van der Waals surface area (Å²) in [4.78, 5) is 38.4. The lowest BCUT2D eigenvalue weighted by molar-refractivity contribution is -0.148. The molecular weight excluding hydrogens is 516 g/mol. The summed E-state index contributed by atoms with van der Waals surface area (Å²) in [7, 11) is 0. The van der Waals surface area contributed by atoms with Crippen LogP contribution in [-0.4, -0.2) is 43.3 Å². The molecule has 0 radical (unpaired) electrons. The third-order valence-corrected chi connectivity index (χ3v) is 4.95. The number of esters is 3. The van der Waals surface area contributed by atoms with Crippen LogP contribution in [0.2, 0.25) is 0 Å². The number of nitrogens with two attached hydrogens (primary N) is 1. The minimum absolute atomic E-state index is 0. The zero-order valence-corrected chi connectivity index (χ0v) is 22.8. The summed E-state index contributed by atoms with van der Waals surface area (Å²) in [5.41, 5.74) is 8.08. The Bertz CT molecular complexity index is 1040. The molecule has 35 heavy (non-hydrogen) atoms. The van der Waals surface area contributed by atoms with Crippen LogP contribution in [0.5, 0.6) is 0 Å². The van der Waals surface area contributed by atoms with Gasteiger partial charge in [0, 0.05) is 24.0 Å². The predicted molar refractivity (Wildman–Crippen MR) is 140 cm³/mol. The molecular formula is C26H35BrN2O6. The smallest absolute Gasteiger partial charge is 0.336 e. The van der Waals surface area contributed by atoms with Gasteiger partial charge in [-0.25, -0.2) is 14.4 Å². The molecule has 0 spiro atoms. The van der Waals surface area contributed by atoms with Gasteiger partial charge in [-0.2, -0.15) is 0 Å². The lowest BCUT2D eigenvalue weighted by Crippen LogP contribution is -2.36. The van der Waals surface area contributed by atoms with Crippen LogP contribution in [0.15, 0.2) is 52.9 Å². The largest absolute Gasteiger partial charge is 0.463 e. The topological polar surface area (TPSA) is 117 Å². The van der Waals surface area contributed by atoms with Crippen molar-refractivity contribution in [3.8, 4) is 0 Å². The summed E-state index contributed by atoms with van der Waals surface area (Å²) >= 11 is 0. The maximum absolute atomic E-state index is 13.1. The van der Waals surface area contributed by atoms with Gasteiger partial charge in [-0.3, -0.25) is 0 Å². The summed E-state index contributed by atoms with van der Waals surface area (Å²) in [5, 5.41) is 3.08. The fourth-order valence-electron chi connectivity index (χ4n) is 3.72. The molecule has 0 amide bonds. The number of nitrogens with one attached hydrogen (secondary N) is 1. The number of allylic oxidation sites excluding steroid dienone is 1. The van der Waals surface area contributed by atoms with Gasteiger partial charge in [0.1, 0.15) is 5.60 Å². The molecule has 1 heterocycles. The Kier molecular flexibility index (Phi) is 11.4. The van der Waals surface area contributed by atoms with Gasteiger partial charge >= 0.3 is 17.9 Å². The lowest BCUT2D eigenvalue weighted by atomic mass is 9.78. The molecule has 9 heteroatoms. The third kappa shape index (κ3) is 7.80. The van der Waals surface area contributed by atoms with Gasteiger partial charge in [-0.15, -0.1) is 17.0 Å². The van der Waals surface area contributed by atoms with Crippen LogP contribution in [0.3, 0.4) is 0 Å². The molecule has 1 aliphatic heterocycles. The van der Waals surface area contributed by atoms with Gasteiger partial charge in [0.15, 0.2) is 0 Å². The van der Waals surface area contributed by atoms with Crippen molar-refractivity contribution in [3.05, 3.63) is 64.0 Å². The molecule has 3 N–H and O–H groups in total. The van der Waals surface area contributed by atoms with Crippen LogP contribution in [0, 0.1) is 0 Å². The van der Waals surface area contributed by atoms with E-state index in [2.05, 4.69) is 5.32 Å². The van der Waals surface area contributed by atoms with Crippen molar-refractivity contribution in [3.63, 3.8) is 0 Å². The van der Waals surface area contributed by atoms with Crippen LogP contribution >= 0.6 is 17.0 Å². The van der Waals surface area contributed by atoms with Crippen LogP contribution < -0.4 is 11.1 Å². The Labute approximate surface area is 217 Å². The standard InChI is InChI=1S/C26H34N2O6.BrH/c1-7-32-24(30)21-16(3)28-19(15-27)23(25(31)33-8-2)22(21)18-12-10-9-11-17(18)13-14-20(29)34-26(4,5)6;/h9-14,22,28H,7-8,15,27H2,1-6H3;1H. The first-order valence-electron chi connectivity index (χ1n) is 11.3. The number of halogens is 1. The molecule has 0 aliphatic carbocycles. The maximum atomic E-state index is 13.1. The van der Waals surface area contributed by atoms with Gasteiger partial charge < -0.3 is 25.3 Å². The lowest BCUT2D eigenvalue weighted by Gasteiger charge is -2.32. The fraction of sp³-hybridized carbons (Fsp3) is 0.423. The average molecular weight is 551 g/mol. The minimum atomic E-state index is -0.808. The fourth-order valence-corrected chi connectivity index (χ4v) is 3.72. The van der Waals surface area contributed by atoms with Gasteiger partial charge in [-0.1, -0.05) is 24.3 Å². The average Bonchev–Trinajstić information content (AvgIpc) is 2.76. The Morgan fingerprint density at radius 1 is 1.03 bits per heavy atom. The quantitative estimate of drug-likeness (QED) is 0.284. The van der Waals surface area contributed by atoms with Gasteiger partial charge in [0.25, 0.3) is 0 Å². The second kappa shape index (κ2) is 13.3. The number of carbonyl (C=O) groups excluding carboxylic acids is 3. The first kappa shape index (κ1) is 30.1. The minimum Gasteiger partial charge on any atom is -0.463 e. The summed E-state index contributed by atoms with van der Waals surface area (Å²) in [6.07, 6.45) is 2.93. The number of ether oxygens (including phenoxy) is 3. The molecule has 1 aliphatic rings. The normalized spacial score (nSPS) is 15.9. The van der Waals surface area contributed by atoms with Gasteiger partial charge in [0.2, 0.25) is 0 Å². The number of hydrogen-bond acceptors (Lipinski definition) is 8. The predicted octanol–water partition coefficient (Wildman–Crippen LogP) is 3.92. The van der Waals surface area contributed by atoms with Crippen LogP contribution in [0.4, 0.5) is 0 Å². The summed E-state index contributed by atoms with van der Waals surface area (Å²) in [6.45, 7) is 10.9. The van der Waals surface area contributed by atoms with E-state index in [1.54, 1.807) is 71.9 Å². The van der Waals surface area contributed by atoms with E-state index in [9.17, 15) is 14.4 Å². The van der Waals surface area contributed by atoms with E-state index in [0.717, 1.165) is 0 Å². The Morgan fingerprint density at radius 3 is 2.14 bits per heavy atom. The number of benzene rings is 1. The van der Waals surface area contributed by atoms with E-state index in [-0.39, 0.29) is 47.9 Å². The van der Waals surface area contributed by atoms with Crippen molar-refractivity contribution in [1.29, 1.82) is 0 Å². The van der Waals surface area contributed by atoms with E-state index < -0.39 is 29.4 Å². The zero-order valence-electron chi connectivity index (χ0n) is 21.1. The molecule has 192 valence electrons.